The van der Waals surface area contributed by atoms with Crippen molar-refractivity contribution in [2.75, 3.05) is 19.6 Å². The Kier molecular flexibility index (Phi) is 4.85. The van der Waals surface area contributed by atoms with Crippen molar-refractivity contribution in [3.8, 4) is 0 Å². The van der Waals surface area contributed by atoms with E-state index in [0.29, 0.717) is 19.6 Å². The van der Waals surface area contributed by atoms with Gasteiger partial charge in [-0.05, 0) is 18.9 Å². The van der Waals surface area contributed by atoms with E-state index in [1.807, 2.05) is 17.8 Å². The number of aromatic nitrogens is 2. The summed E-state index contributed by atoms with van der Waals surface area (Å²) in [6, 6.07) is 8.27. The first-order valence-corrected chi connectivity index (χ1v) is 8.34. The van der Waals surface area contributed by atoms with Crippen molar-refractivity contribution in [1.29, 1.82) is 0 Å². The second-order valence-corrected chi connectivity index (χ2v) is 6.61. The van der Waals surface area contributed by atoms with Gasteiger partial charge in [0.25, 0.3) is 0 Å². The van der Waals surface area contributed by atoms with Crippen LogP contribution >= 0.6 is 0 Å². The third-order valence-corrected chi connectivity index (χ3v) is 4.57. The Balaban J connectivity index is 1.49. The number of aryl methyl sites for hydroxylation is 2. The van der Waals surface area contributed by atoms with E-state index in [4.69, 9.17) is 5.73 Å². The maximum Gasteiger partial charge on any atom is 0.317 e. The molecule has 6 heteroatoms. The van der Waals surface area contributed by atoms with Gasteiger partial charge < -0.3 is 20.5 Å². The molecular formula is C18H25N5O. The molecule has 2 amide bonds. The molecule has 1 aromatic heterocycles. The number of amides is 2. The Morgan fingerprint density at radius 1 is 1.33 bits per heavy atom. The van der Waals surface area contributed by atoms with Gasteiger partial charge in [-0.1, -0.05) is 29.8 Å². The highest BCUT2D eigenvalue weighted by molar-refractivity contribution is 5.74. The predicted molar refractivity (Wildman–Crippen MR) is 93.8 cm³/mol. The first-order valence-electron chi connectivity index (χ1n) is 8.34. The van der Waals surface area contributed by atoms with Crippen molar-refractivity contribution in [3.63, 3.8) is 0 Å². The summed E-state index contributed by atoms with van der Waals surface area (Å²) in [6.07, 6.45) is 4.57. The van der Waals surface area contributed by atoms with E-state index in [2.05, 4.69) is 41.5 Å². The molecule has 0 unspecified atom stereocenters. The average molecular weight is 327 g/mol. The van der Waals surface area contributed by atoms with Gasteiger partial charge in [0.1, 0.15) is 0 Å². The zero-order valence-electron chi connectivity index (χ0n) is 14.3. The number of likely N-dealkylation sites (tertiary alicyclic amines) is 1. The van der Waals surface area contributed by atoms with Crippen LogP contribution in [0.3, 0.4) is 0 Å². The van der Waals surface area contributed by atoms with Crippen LogP contribution in [0.2, 0.25) is 0 Å². The molecule has 1 aliphatic rings. The Labute approximate surface area is 142 Å². The quantitative estimate of drug-likeness (QED) is 0.891. The number of carbonyl (C=O) groups is 1. The molecule has 128 valence electrons. The molecule has 0 spiro atoms. The number of imidazole rings is 1. The van der Waals surface area contributed by atoms with Crippen LogP contribution in [-0.2, 0) is 13.5 Å². The van der Waals surface area contributed by atoms with Crippen LogP contribution in [0.15, 0.2) is 36.8 Å². The van der Waals surface area contributed by atoms with Gasteiger partial charge in [-0.2, -0.15) is 0 Å². The van der Waals surface area contributed by atoms with Crippen LogP contribution in [-0.4, -0.2) is 46.2 Å². The zero-order valence-corrected chi connectivity index (χ0v) is 14.3. The molecule has 6 nitrogen and oxygen atoms in total. The molecule has 1 fully saturated rings. The van der Waals surface area contributed by atoms with E-state index in [1.165, 1.54) is 11.1 Å². The van der Waals surface area contributed by atoms with E-state index >= 15 is 0 Å². The standard InChI is InChI=1S/C18H25N5O/c1-13-3-5-14(6-4-13)7-8-20-18(24)23-9-15(16(19)10-23)17-11-22(2)12-21-17/h3-6,11-12,15-16H,7-10,19H2,1-2H3,(H,20,24)/t15-,16-/m1/s1. The monoisotopic (exact) mass is 327 g/mol. The molecule has 0 saturated carbocycles. The molecule has 2 aromatic rings. The lowest BCUT2D eigenvalue weighted by atomic mass is 10.0. The topological polar surface area (TPSA) is 76.2 Å². The lowest BCUT2D eigenvalue weighted by Gasteiger charge is -2.17. The van der Waals surface area contributed by atoms with Crippen molar-refractivity contribution >= 4 is 6.03 Å². The van der Waals surface area contributed by atoms with Crippen molar-refractivity contribution in [2.24, 2.45) is 12.8 Å². The molecule has 3 N–H and O–H groups in total. The van der Waals surface area contributed by atoms with Gasteiger partial charge in [0.15, 0.2) is 0 Å². The molecule has 0 bridgehead atoms. The molecule has 3 rings (SSSR count). The van der Waals surface area contributed by atoms with Gasteiger partial charge in [-0.3, -0.25) is 0 Å². The van der Waals surface area contributed by atoms with Crippen molar-refractivity contribution in [2.45, 2.75) is 25.3 Å². The number of hydrogen-bond donors (Lipinski definition) is 2. The maximum atomic E-state index is 12.4. The Bertz CT molecular complexity index is 694. The molecule has 0 radical (unpaired) electrons. The largest absolute Gasteiger partial charge is 0.340 e. The smallest absolute Gasteiger partial charge is 0.317 e. The highest BCUT2D eigenvalue weighted by Crippen LogP contribution is 2.25. The number of carbonyl (C=O) groups excluding carboxylic acids is 1. The summed E-state index contributed by atoms with van der Waals surface area (Å²) in [6.45, 7) is 3.88. The minimum Gasteiger partial charge on any atom is -0.340 e. The Morgan fingerprint density at radius 2 is 2.08 bits per heavy atom. The third-order valence-electron chi connectivity index (χ3n) is 4.57. The van der Waals surface area contributed by atoms with Gasteiger partial charge in [0.05, 0.1) is 12.0 Å². The number of nitrogens with one attached hydrogen (secondary N) is 1. The van der Waals surface area contributed by atoms with Crippen molar-refractivity contribution in [1.82, 2.24) is 19.8 Å². The zero-order chi connectivity index (χ0) is 17.1. The fourth-order valence-corrected chi connectivity index (χ4v) is 3.11. The fourth-order valence-electron chi connectivity index (χ4n) is 3.11. The number of rotatable bonds is 4. The van der Waals surface area contributed by atoms with Crippen LogP contribution in [0.4, 0.5) is 4.79 Å². The van der Waals surface area contributed by atoms with E-state index in [1.54, 1.807) is 11.2 Å². The van der Waals surface area contributed by atoms with E-state index in [0.717, 1.165) is 12.1 Å². The highest BCUT2D eigenvalue weighted by atomic mass is 16.2. The van der Waals surface area contributed by atoms with Crippen LogP contribution in [0.25, 0.3) is 0 Å². The van der Waals surface area contributed by atoms with E-state index in [-0.39, 0.29) is 18.0 Å². The summed E-state index contributed by atoms with van der Waals surface area (Å²) in [4.78, 5) is 18.5. The molecule has 1 aromatic carbocycles. The van der Waals surface area contributed by atoms with Gasteiger partial charge in [0, 0.05) is 44.8 Å². The van der Waals surface area contributed by atoms with Crippen LogP contribution in [0.1, 0.15) is 22.7 Å². The van der Waals surface area contributed by atoms with Crippen molar-refractivity contribution < 1.29 is 4.79 Å². The molecule has 1 aliphatic heterocycles. The minimum atomic E-state index is -0.0669. The highest BCUT2D eigenvalue weighted by Gasteiger charge is 2.35. The third kappa shape index (κ3) is 3.76. The number of hydrogen-bond acceptors (Lipinski definition) is 3. The van der Waals surface area contributed by atoms with Crippen LogP contribution in [0.5, 0.6) is 0 Å². The van der Waals surface area contributed by atoms with Crippen LogP contribution in [0, 0.1) is 6.92 Å². The summed E-state index contributed by atoms with van der Waals surface area (Å²) in [5.41, 5.74) is 9.64. The summed E-state index contributed by atoms with van der Waals surface area (Å²) < 4.78 is 1.91. The summed E-state index contributed by atoms with van der Waals surface area (Å²) in [5, 5.41) is 2.99. The molecule has 0 aliphatic carbocycles. The fraction of sp³-hybridized carbons (Fsp3) is 0.444. The van der Waals surface area contributed by atoms with Crippen LogP contribution < -0.4 is 11.1 Å². The van der Waals surface area contributed by atoms with E-state index < -0.39 is 0 Å². The lowest BCUT2D eigenvalue weighted by Crippen LogP contribution is -2.40. The Morgan fingerprint density at radius 3 is 2.75 bits per heavy atom. The second-order valence-electron chi connectivity index (χ2n) is 6.61. The minimum absolute atomic E-state index is 0.0454. The molecule has 2 heterocycles. The SMILES string of the molecule is Cc1ccc(CCNC(=O)N2C[C@@H](N)[C@H](c3cn(C)cn3)C2)cc1. The normalized spacial score (nSPS) is 20.4. The van der Waals surface area contributed by atoms with Gasteiger partial charge in [-0.25, -0.2) is 9.78 Å². The first kappa shape index (κ1) is 16.5. The van der Waals surface area contributed by atoms with Gasteiger partial charge in [0.2, 0.25) is 0 Å². The lowest BCUT2D eigenvalue weighted by molar-refractivity contribution is 0.208. The molecule has 24 heavy (non-hydrogen) atoms. The molecule has 2 atom stereocenters. The number of nitrogens with zero attached hydrogens (tertiary/aromatic N) is 3. The number of nitrogens with two attached hydrogens (primary N) is 1. The Hall–Kier alpha value is -2.34. The summed E-state index contributed by atoms with van der Waals surface area (Å²) >= 11 is 0. The first-order chi connectivity index (χ1) is 11.5. The summed E-state index contributed by atoms with van der Waals surface area (Å²) in [7, 11) is 1.94. The van der Waals surface area contributed by atoms with E-state index in [9.17, 15) is 4.79 Å². The summed E-state index contributed by atoms with van der Waals surface area (Å²) in [5.74, 6) is 0.106. The number of urea groups is 1. The second kappa shape index (κ2) is 7.05. The number of benzene rings is 1. The molecular weight excluding hydrogens is 302 g/mol. The molecule has 1 saturated heterocycles. The van der Waals surface area contributed by atoms with Crippen molar-refractivity contribution in [3.05, 3.63) is 53.6 Å². The maximum absolute atomic E-state index is 12.4. The van der Waals surface area contributed by atoms with Gasteiger partial charge in [-0.15, -0.1) is 0 Å². The predicted octanol–water partition coefficient (Wildman–Crippen LogP) is 1.41. The average Bonchev–Trinajstić information content (AvgIpc) is 3.15. The van der Waals surface area contributed by atoms with Gasteiger partial charge >= 0.3 is 6.03 Å².